The van der Waals surface area contributed by atoms with E-state index in [1.807, 2.05) is 212 Å². The van der Waals surface area contributed by atoms with Crippen LogP contribution in [0.1, 0.15) is 56.9 Å². The van der Waals surface area contributed by atoms with Crippen LogP contribution in [0.15, 0.2) is 281 Å². The number of benzene rings is 9. The van der Waals surface area contributed by atoms with Crippen LogP contribution >= 0.6 is 0 Å². The Balaban J connectivity index is 0.000000223. The number of rotatable bonds is 29. The van der Waals surface area contributed by atoms with Gasteiger partial charge in [-0.3, -0.25) is 38.5 Å². The summed E-state index contributed by atoms with van der Waals surface area (Å²) in [6, 6.07) is 83.8. The number of carbonyl (C=O) groups is 2. The van der Waals surface area contributed by atoms with Crippen molar-refractivity contribution in [1.82, 2.24) is 29.1 Å². The Morgan fingerprint density at radius 2 is 0.802 bits per heavy atom. The molecule has 0 aliphatic rings. The van der Waals surface area contributed by atoms with Crippen molar-refractivity contribution in [2.24, 2.45) is 5.73 Å². The van der Waals surface area contributed by atoms with Crippen LogP contribution < -0.4 is 71.3 Å². The van der Waals surface area contributed by atoms with Gasteiger partial charge in [0.1, 0.15) is 79.2 Å². The maximum Gasteiger partial charge on any atom is 1.00 e. The topological polar surface area (TPSA) is 317 Å². The number of para-hydroxylation sites is 4. The number of aromatic nitrogens is 6. The standard InChI is InChI=1S/C27H26N2O3.C20H20N2O3.C19H18N2O3.C14H14N2O.C6H10O4.CH3O.Na/c1-31-20-23-18-26(30)29(17-16-21-10-4-2-5-11-21)27(28-23)24-14-8-9-15-25(24)32-19-22-12-6-3-7-13-22;1-25-14-16-13-19(24)22(12-11-15-7-3-2-4-8-15)20(21-16)17-9-5-6-10-18(17)23;1-23-13-15-11-18(22)21-19(20-15)16-9-5-6-10-17(16)24-12-14-7-3-2-4-8-14;15-14(16)12-8-4-5-9-13(12)17-10-11-6-2-1-3-7-11;1-9-4-5(7)3-6(8)10-2;1-2;/h2-15,18H,16-17,19-20H2,1H3;2-10,13,23H,11-12,14H2,1H3;2-11H,12-13H2,1H3,(H,20,21,22);1-9H,10H2,(H3,15,16);3-4H2,1-2H3;1H3;/q;;;;;-1;+1. The molecule has 3 aromatic heterocycles. The van der Waals surface area contributed by atoms with E-state index in [2.05, 4.69) is 36.6 Å². The summed E-state index contributed by atoms with van der Waals surface area (Å²) >= 11 is 0. The van der Waals surface area contributed by atoms with E-state index in [0.717, 1.165) is 46.9 Å². The summed E-state index contributed by atoms with van der Waals surface area (Å²) in [7, 11) is 8.11. The van der Waals surface area contributed by atoms with Gasteiger partial charge in [0.05, 0.1) is 66.3 Å². The number of Topliss-reactive ketones (excluding diaryl/α,β-unsaturated/α-hetero) is 1. The predicted molar refractivity (Wildman–Crippen MR) is 421 cm³/mol. The zero-order valence-corrected chi connectivity index (χ0v) is 65.4. The molecule has 111 heavy (non-hydrogen) atoms. The van der Waals surface area contributed by atoms with Gasteiger partial charge in [-0.1, -0.05) is 200 Å². The minimum Gasteiger partial charge on any atom is -0.857 e. The molecular weight excluding hydrogens is 1420 g/mol. The molecule has 570 valence electrons. The summed E-state index contributed by atoms with van der Waals surface area (Å²) in [5, 5.41) is 25.9. The number of phenols is 1. The van der Waals surface area contributed by atoms with Gasteiger partial charge in [-0.15, -0.1) is 0 Å². The van der Waals surface area contributed by atoms with E-state index >= 15 is 0 Å². The Bertz CT molecular complexity index is 4960. The summed E-state index contributed by atoms with van der Waals surface area (Å²) < 4.78 is 45.2. The second-order valence-electron chi connectivity index (χ2n) is 23.9. The molecule has 23 nitrogen and oxygen atoms in total. The molecule has 0 saturated heterocycles. The van der Waals surface area contributed by atoms with Crippen molar-refractivity contribution in [3.05, 3.63) is 348 Å². The maximum atomic E-state index is 13.0. The number of nitrogens with two attached hydrogens (primary N) is 1. The predicted octanol–water partition coefficient (Wildman–Crippen LogP) is 9.34. The first kappa shape index (κ1) is 88.1. The van der Waals surface area contributed by atoms with E-state index in [4.69, 9.17) is 49.7 Å². The van der Waals surface area contributed by atoms with Crippen LogP contribution in [0.4, 0.5) is 0 Å². The molecule has 0 bridgehead atoms. The number of methoxy groups -OCH3 is 5. The largest absolute Gasteiger partial charge is 1.00 e. The van der Waals surface area contributed by atoms with E-state index in [-0.39, 0.29) is 96.5 Å². The Labute approximate surface area is 667 Å². The van der Waals surface area contributed by atoms with E-state index in [1.54, 1.807) is 60.8 Å². The van der Waals surface area contributed by atoms with Crippen LogP contribution in [0.25, 0.3) is 34.2 Å². The van der Waals surface area contributed by atoms with Crippen molar-refractivity contribution < 1.29 is 87.3 Å². The molecule has 0 radical (unpaired) electrons. The molecule has 0 spiro atoms. The van der Waals surface area contributed by atoms with Crippen LogP contribution in [0, 0.1) is 5.41 Å². The fourth-order valence-corrected chi connectivity index (χ4v) is 10.7. The summed E-state index contributed by atoms with van der Waals surface area (Å²) in [4.78, 5) is 75.0. The molecule has 0 aliphatic heterocycles. The molecule has 12 rings (SSSR count). The minimum absolute atomic E-state index is 0. The number of nitrogens with one attached hydrogen (secondary N) is 2. The second-order valence-corrected chi connectivity index (χ2v) is 23.9. The van der Waals surface area contributed by atoms with E-state index in [0.29, 0.717) is 102 Å². The van der Waals surface area contributed by atoms with E-state index < -0.39 is 5.97 Å². The first-order chi connectivity index (χ1) is 53.7. The van der Waals surface area contributed by atoms with Gasteiger partial charge in [0, 0.05) is 59.7 Å². The first-order valence-corrected chi connectivity index (χ1v) is 34.9. The number of nitrogens with zero attached hydrogens (tertiary/aromatic N) is 5. The number of hydrogen-bond acceptors (Lipinski definition) is 19. The molecule has 9 aromatic carbocycles. The summed E-state index contributed by atoms with van der Waals surface area (Å²) in [6.45, 7) is 3.12. The quantitative estimate of drug-likeness (QED) is 0.0111. The maximum absolute atomic E-state index is 13.0. The zero-order chi connectivity index (χ0) is 78.7. The summed E-state index contributed by atoms with van der Waals surface area (Å²) in [6.07, 6.45) is 1.23. The monoisotopic (exact) mass is 1510 g/mol. The van der Waals surface area contributed by atoms with E-state index in [1.165, 1.54) is 31.9 Å². The van der Waals surface area contributed by atoms with Gasteiger partial charge in [-0.05, 0) is 89.2 Å². The number of H-pyrrole nitrogens is 1. The zero-order valence-electron chi connectivity index (χ0n) is 63.4. The molecule has 24 heteroatoms. The molecule has 0 atom stereocenters. The van der Waals surface area contributed by atoms with Gasteiger partial charge in [-0.2, -0.15) is 7.11 Å². The number of ketones is 1. The third-order valence-electron chi connectivity index (χ3n) is 15.9. The summed E-state index contributed by atoms with van der Waals surface area (Å²) in [5.74, 6) is 2.83. The van der Waals surface area contributed by atoms with Gasteiger partial charge >= 0.3 is 35.5 Å². The molecular formula is C87H91N8NaO15. The average Bonchev–Trinajstić information content (AvgIpc) is 0.791. The SMILES string of the molecule is COCC(=O)CC(=O)OC.COCc1cc(=O)[nH]c(-c2ccccc2OCc2ccccc2)n1.COCc1cc(=O)n(CCc2ccccc2)c(-c2ccccc2O)n1.COCc1cc(=O)n(CCc2ccccc2)c(-c2ccccc2OCc2ccccc2)n1.C[O-].N=C(N)c1ccccc1OCc1ccccc1.[Na+]. The molecule has 0 unspecified atom stereocenters. The molecule has 12 aromatic rings. The Kier molecular flexibility index (Phi) is 39.2. The van der Waals surface area contributed by atoms with E-state index in [9.17, 15) is 29.1 Å². The second kappa shape index (κ2) is 49.3. The molecule has 5 N–H and O–H groups in total. The third-order valence-corrected chi connectivity index (χ3v) is 15.9. The molecule has 0 saturated carbocycles. The number of esters is 1. The smallest absolute Gasteiger partial charge is 0.857 e. The fourth-order valence-electron chi connectivity index (χ4n) is 10.7. The average molecular weight is 1510 g/mol. The number of aromatic hydroxyl groups is 1. The first-order valence-electron chi connectivity index (χ1n) is 34.9. The van der Waals surface area contributed by atoms with Crippen LogP contribution in [0.5, 0.6) is 23.0 Å². The van der Waals surface area contributed by atoms with Gasteiger partial charge in [0.2, 0.25) is 0 Å². The fraction of sp³-hybridized carbons (Fsp3) is 0.207. The number of hydrogen-bond donors (Lipinski definition) is 4. The van der Waals surface area contributed by atoms with Crippen LogP contribution in [0.3, 0.4) is 0 Å². The van der Waals surface area contributed by atoms with Crippen LogP contribution in [0.2, 0.25) is 0 Å². The minimum atomic E-state index is -0.526. The van der Waals surface area contributed by atoms with Gasteiger partial charge < -0.3 is 58.8 Å². The van der Waals surface area contributed by atoms with Gasteiger partial charge in [0.25, 0.3) is 16.7 Å². The van der Waals surface area contributed by atoms with Crippen LogP contribution in [-0.4, -0.2) is 101 Å². The summed E-state index contributed by atoms with van der Waals surface area (Å²) in [5.41, 5.74) is 15.0. The van der Waals surface area contributed by atoms with Crippen molar-refractivity contribution in [2.75, 3.05) is 49.3 Å². The van der Waals surface area contributed by atoms with Gasteiger partial charge in [-0.25, -0.2) is 15.0 Å². The Hall–Kier alpha value is -11.8. The van der Waals surface area contributed by atoms with Gasteiger partial charge in [0.15, 0.2) is 5.78 Å². The normalized spacial score (nSPS) is 10.2. The molecule has 0 amide bonds. The number of carbonyl (C=O) groups excluding carboxylic acids is 2. The number of phenolic OH excluding ortho intramolecular Hbond substituents is 1. The van der Waals surface area contributed by atoms with Crippen molar-refractivity contribution >= 4 is 17.6 Å². The van der Waals surface area contributed by atoms with Crippen LogP contribution in [-0.2, 0) is 98.8 Å². The Morgan fingerprint density at radius 1 is 0.441 bits per heavy atom. The number of amidine groups is 1. The number of ether oxygens (including phenoxy) is 8. The number of aryl methyl sites for hydroxylation is 2. The molecule has 3 heterocycles. The number of nitrogen functional groups attached to an aromatic ring is 1. The molecule has 0 fully saturated rings. The Morgan fingerprint density at radius 3 is 1.23 bits per heavy atom. The number of aromatic amines is 1. The third kappa shape index (κ3) is 29.6. The van der Waals surface area contributed by atoms with Crippen molar-refractivity contribution in [3.63, 3.8) is 0 Å². The van der Waals surface area contributed by atoms with Crippen molar-refractivity contribution in [1.29, 1.82) is 5.41 Å². The van der Waals surface area contributed by atoms with Crippen molar-refractivity contribution in [3.8, 4) is 57.2 Å². The van der Waals surface area contributed by atoms with Crippen molar-refractivity contribution in [2.45, 2.75) is 72.0 Å². The molecule has 0 aliphatic carbocycles.